The van der Waals surface area contributed by atoms with Crippen LogP contribution in [0.25, 0.3) is 16.9 Å². The molecule has 0 saturated carbocycles. The second-order valence-corrected chi connectivity index (χ2v) is 5.80. The van der Waals surface area contributed by atoms with Crippen molar-refractivity contribution in [2.45, 2.75) is 13.3 Å². The van der Waals surface area contributed by atoms with Gasteiger partial charge in [-0.25, -0.2) is 4.68 Å². The summed E-state index contributed by atoms with van der Waals surface area (Å²) in [6.45, 7) is 3.04. The molecule has 0 amide bonds. The summed E-state index contributed by atoms with van der Waals surface area (Å²) >= 11 is 0. The van der Waals surface area contributed by atoms with E-state index in [0.29, 0.717) is 0 Å². The highest BCUT2D eigenvalue weighted by Crippen LogP contribution is 2.38. The smallest absolute Gasteiger partial charge is 0.133 e. The average Bonchev–Trinajstić information content (AvgIpc) is 3.17. The molecule has 2 heterocycles. The van der Waals surface area contributed by atoms with Gasteiger partial charge in [0.1, 0.15) is 17.3 Å². The second-order valence-electron chi connectivity index (χ2n) is 5.80. The van der Waals surface area contributed by atoms with Crippen LogP contribution in [0.15, 0.2) is 48.5 Å². The van der Waals surface area contributed by atoms with Gasteiger partial charge in [0.15, 0.2) is 0 Å². The van der Waals surface area contributed by atoms with Gasteiger partial charge in [0.25, 0.3) is 0 Å². The van der Waals surface area contributed by atoms with Crippen LogP contribution in [-0.4, -0.2) is 23.4 Å². The van der Waals surface area contributed by atoms with Crippen molar-refractivity contribution in [1.29, 1.82) is 0 Å². The Balaban J connectivity index is 1.92. The second kappa shape index (κ2) is 5.47. The Kier molecular flexibility index (Phi) is 3.30. The molecule has 4 nitrogen and oxygen atoms in total. The number of hydrogen-bond acceptors (Lipinski definition) is 3. The van der Waals surface area contributed by atoms with Gasteiger partial charge in [-0.1, -0.05) is 24.3 Å². The molecule has 1 aliphatic rings. The van der Waals surface area contributed by atoms with Crippen molar-refractivity contribution >= 4 is 5.82 Å². The van der Waals surface area contributed by atoms with E-state index in [1.807, 2.05) is 22.9 Å². The van der Waals surface area contributed by atoms with E-state index in [2.05, 4.69) is 42.6 Å². The van der Waals surface area contributed by atoms with Crippen LogP contribution in [0.2, 0.25) is 0 Å². The summed E-state index contributed by atoms with van der Waals surface area (Å²) in [5.41, 5.74) is 5.61. The number of hydrogen-bond donors (Lipinski definition) is 1. The number of aryl methyl sites for hydroxylation is 1. The quantitative estimate of drug-likeness (QED) is 0.799. The minimum Gasteiger partial charge on any atom is -0.496 e. The molecule has 1 N–H and O–H groups in total. The molecule has 0 aliphatic carbocycles. The summed E-state index contributed by atoms with van der Waals surface area (Å²) in [5, 5.41) is 8.37. The van der Waals surface area contributed by atoms with Crippen LogP contribution in [0.5, 0.6) is 5.75 Å². The Bertz CT molecular complexity index is 867. The number of para-hydroxylation sites is 1. The number of ether oxygens (including phenoxy) is 1. The van der Waals surface area contributed by atoms with E-state index in [4.69, 9.17) is 9.84 Å². The number of nitrogens with one attached hydrogen (secondary N) is 1. The van der Waals surface area contributed by atoms with E-state index < -0.39 is 0 Å². The number of fused-ring (bicyclic) bond motifs is 1. The Hall–Kier alpha value is -2.75. The summed E-state index contributed by atoms with van der Waals surface area (Å²) in [6.07, 6.45) is 0.981. The zero-order valence-electron chi connectivity index (χ0n) is 13.3. The highest BCUT2D eigenvalue weighted by Gasteiger charge is 2.25. The zero-order valence-corrected chi connectivity index (χ0v) is 13.3. The van der Waals surface area contributed by atoms with Gasteiger partial charge in [-0.3, -0.25) is 0 Å². The lowest BCUT2D eigenvalue weighted by molar-refractivity contribution is 0.416. The number of anilines is 1. The van der Waals surface area contributed by atoms with Crippen molar-refractivity contribution in [3.05, 3.63) is 59.7 Å². The molecule has 23 heavy (non-hydrogen) atoms. The van der Waals surface area contributed by atoms with Gasteiger partial charge < -0.3 is 10.1 Å². The molecule has 2 aromatic carbocycles. The normalized spacial score (nSPS) is 12.8. The molecule has 0 unspecified atom stereocenters. The molecular weight excluding hydrogens is 286 g/mol. The van der Waals surface area contributed by atoms with E-state index in [-0.39, 0.29) is 0 Å². The van der Waals surface area contributed by atoms with Gasteiger partial charge in [-0.05, 0) is 43.2 Å². The minimum atomic E-state index is 0.857. The first-order valence-corrected chi connectivity index (χ1v) is 7.84. The van der Waals surface area contributed by atoms with E-state index >= 15 is 0 Å². The maximum Gasteiger partial charge on any atom is 0.133 e. The third-order valence-electron chi connectivity index (χ3n) is 4.26. The summed E-state index contributed by atoms with van der Waals surface area (Å²) < 4.78 is 7.53. The molecule has 0 radical (unpaired) electrons. The fourth-order valence-corrected chi connectivity index (χ4v) is 3.18. The largest absolute Gasteiger partial charge is 0.496 e. The van der Waals surface area contributed by atoms with Gasteiger partial charge in [-0.15, -0.1) is 0 Å². The molecule has 0 atom stereocenters. The van der Waals surface area contributed by atoms with Crippen molar-refractivity contribution in [2.24, 2.45) is 0 Å². The first kappa shape index (κ1) is 13.9. The zero-order chi connectivity index (χ0) is 15.8. The number of aromatic nitrogens is 2. The van der Waals surface area contributed by atoms with Crippen LogP contribution in [0.3, 0.4) is 0 Å². The van der Waals surface area contributed by atoms with Gasteiger partial charge in [0, 0.05) is 17.7 Å². The van der Waals surface area contributed by atoms with E-state index in [1.165, 1.54) is 11.1 Å². The van der Waals surface area contributed by atoms with Crippen LogP contribution in [0, 0.1) is 6.92 Å². The molecular formula is C19H19N3O. The molecule has 0 fully saturated rings. The van der Waals surface area contributed by atoms with Crippen molar-refractivity contribution in [3.63, 3.8) is 0 Å². The number of nitrogens with zero attached hydrogens (tertiary/aromatic N) is 2. The molecule has 1 aliphatic heterocycles. The first-order valence-electron chi connectivity index (χ1n) is 7.84. The molecule has 116 valence electrons. The average molecular weight is 305 g/mol. The van der Waals surface area contributed by atoms with Crippen molar-refractivity contribution in [1.82, 2.24) is 9.78 Å². The van der Waals surface area contributed by atoms with Gasteiger partial charge in [-0.2, -0.15) is 5.10 Å². The van der Waals surface area contributed by atoms with Gasteiger partial charge in [0.2, 0.25) is 0 Å². The van der Waals surface area contributed by atoms with E-state index in [0.717, 1.165) is 41.5 Å². The molecule has 4 rings (SSSR count). The number of rotatable bonds is 3. The third-order valence-corrected chi connectivity index (χ3v) is 4.26. The third kappa shape index (κ3) is 2.27. The summed E-state index contributed by atoms with van der Waals surface area (Å²) in [6, 6.07) is 16.5. The Labute approximate surface area is 135 Å². The molecule has 4 heteroatoms. The summed E-state index contributed by atoms with van der Waals surface area (Å²) in [4.78, 5) is 0. The van der Waals surface area contributed by atoms with E-state index in [1.54, 1.807) is 7.11 Å². The van der Waals surface area contributed by atoms with Crippen molar-refractivity contribution in [3.8, 4) is 22.7 Å². The Morgan fingerprint density at radius 2 is 2.00 bits per heavy atom. The molecule has 0 bridgehead atoms. The van der Waals surface area contributed by atoms with Crippen molar-refractivity contribution in [2.75, 3.05) is 19.0 Å². The maximum atomic E-state index is 5.52. The van der Waals surface area contributed by atoms with Gasteiger partial charge >= 0.3 is 0 Å². The van der Waals surface area contributed by atoms with Crippen LogP contribution < -0.4 is 10.1 Å². The fraction of sp³-hybridized carbons (Fsp3) is 0.211. The predicted octanol–water partition coefficient (Wildman–Crippen LogP) is 3.82. The molecule has 3 aromatic rings. The Morgan fingerprint density at radius 3 is 2.83 bits per heavy atom. The van der Waals surface area contributed by atoms with Gasteiger partial charge in [0.05, 0.1) is 12.8 Å². The number of methoxy groups -OCH3 is 1. The first-order chi connectivity index (χ1) is 11.3. The summed E-state index contributed by atoms with van der Waals surface area (Å²) in [7, 11) is 1.70. The lowest BCUT2D eigenvalue weighted by Crippen LogP contribution is -2.04. The predicted molar refractivity (Wildman–Crippen MR) is 92.5 cm³/mol. The van der Waals surface area contributed by atoms with Crippen molar-refractivity contribution < 1.29 is 4.74 Å². The Morgan fingerprint density at radius 1 is 1.13 bits per heavy atom. The molecule has 1 aromatic heterocycles. The van der Waals surface area contributed by atoms with Crippen LogP contribution in [-0.2, 0) is 6.42 Å². The topological polar surface area (TPSA) is 39.1 Å². The standard InChI is InChI=1S/C19H19N3O/c1-13-6-5-7-14(12-13)22-19-16(10-11-20-19)18(21-22)15-8-3-4-9-17(15)23-2/h3-9,12,20H,10-11H2,1-2H3. The molecule has 0 saturated heterocycles. The highest BCUT2D eigenvalue weighted by atomic mass is 16.5. The van der Waals surface area contributed by atoms with Crippen LogP contribution >= 0.6 is 0 Å². The van der Waals surface area contributed by atoms with Crippen LogP contribution in [0.1, 0.15) is 11.1 Å². The highest BCUT2D eigenvalue weighted by molar-refractivity contribution is 5.76. The number of benzene rings is 2. The lowest BCUT2D eigenvalue weighted by atomic mass is 10.1. The minimum absolute atomic E-state index is 0.857. The lowest BCUT2D eigenvalue weighted by Gasteiger charge is -2.08. The van der Waals surface area contributed by atoms with Crippen LogP contribution in [0.4, 0.5) is 5.82 Å². The molecule has 0 spiro atoms. The monoisotopic (exact) mass is 305 g/mol. The fourth-order valence-electron chi connectivity index (χ4n) is 3.18. The summed E-state index contributed by atoms with van der Waals surface area (Å²) in [5.74, 6) is 1.95. The maximum absolute atomic E-state index is 5.52. The van der Waals surface area contributed by atoms with E-state index in [9.17, 15) is 0 Å². The SMILES string of the molecule is COc1ccccc1-c1nn(-c2cccc(C)c2)c2c1CCN2.